The van der Waals surface area contributed by atoms with Crippen LogP contribution in [0.5, 0.6) is 5.75 Å². The van der Waals surface area contributed by atoms with Crippen LogP contribution in [0.25, 0.3) is 0 Å². The van der Waals surface area contributed by atoms with Crippen molar-refractivity contribution in [2.24, 2.45) is 0 Å². The third-order valence-electron chi connectivity index (χ3n) is 4.53. The molecular weight excluding hydrogens is 378 g/mol. The molecular formula is C22H23F2N2O3+. The number of halogens is 2. The zero-order valence-corrected chi connectivity index (χ0v) is 15.9. The second-order valence-corrected chi connectivity index (χ2v) is 6.60. The fraction of sp³-hybridized carbons (Fsp3) is 0.227. The molecule has 3 aromatic rings. The van der Waals surface area contributed by atoms with Crippen LogP contribution in [0, 0.1) is 0 Å². The van der Waals surface area contributed by atoms with Crippen molar-refractivity contribution in [1.82, 2.24) is 5.32 Å². The number of rotatable bonds is 9. The van der Waals surface area contributed by atoms with Crippen molar-refractivity contribution in [1.29, 1.82) is 0 Å². The summed E-state index contributed by atoms with van der Waals surface area (Å²) in [7, 11) is 0. The van der Waals surface area contributed by atoms with E-state index >= 15 is 0 Å². The first-order valence-corrected chi connectivity index (χ1v) is 9.28. The number of hydrogen-bond donors (Lipinski definition) is 2. The van der Waals surface area contributed by atoms with E-state index < -0.39 is 12.7 Å². The molecule has 0 spiro atoms. The van der Waals surface area contributed by atoms with Crippen LogP contribution in [0.2, 0.25) is 0 Å². The molecule has 2 aromatic carbocycles. The van der Waals surface area contributed by atoms with E-state index in [0.29, 0.717) is 0 Å². The number of ether oxygens (including phenoxy) is 1. The van der Waals surface area contributed by atoms with E-state index in [1.165, 1.54) is 12.1 Å². The molecule has 29 heavy (non-hydrogen) atoms. The summed E-state index contributed by atoms with van der Waals surface area (Å²) in [4.78, 5) is 12.6. The maximum Gasteiger partial charge on any atom is 0.387 e. The molecule has 5 nitrogen and oxygen atoms in total. The molecule has 0 aliphatic carbocycles. The first-order chi connectivity index (χ1) is 14.0. The summed E-state index contributed by atoms with van der Waals surface area (Å²) >= 11 is 0. The van der Waals surface area contributed by atoms with Crippen molar-refractivity contribution < 1.29 is 28.0 Å². The molecule has 0 fully saturated rings. The van der Waals surface area contributed by atoms with Crippen LogP contribution >= 0.6 is 0 Å². The zero-order chi connectivity index (χ0) is 20.6. The molecule has 152 valence electrons. The van der Waals surface area contributed by atoms with Gasteiger partial charge in [-0.05, 0) is 42.3 Å². The molecule has 1 aromatic heterocycles. The van der Waals surface area contributed by atoms with Gasteiger partial charge in [-0.25, -0.2) is 0 Å². The molecule has 0 bridgehead atoms. The smallest absolute Gasteiger partial charge is 0.387 e. The Kier molecular flexibility index (Phi) is 6.97. The normalized spacial score (nSPS) is 13.1. The van der Waals surface area contributed by atoms with Gasteiger partial charge in [0.1, 0.15) is 11.8 Å². The summed E-state index contributed by atoms with van der Waals surface area (Å²) in [6.07, 6.45) is 1.60. The first kappa shape index (κ1) is 20.5. The lowest BCUT2D eigenvalue weighted by atomic mass is 9.98. The Bertz CT molecular complexity index is 884. The van der Waals surface area contributed by atoms with Crippen molar-refractivity contribution in [3.8, 4) is 5.75 Å². The van der Waals surface area contributed by atoms with Gasteiger partial charge in [0.05, 0.1) is 12.3 Å². The summed E-state index contributed by atoms with van der Waals surface area (Å²) in [5, 5.41) is 4.91. The number of nitrogens with two attached hydrogens (primary N) is 1. The number of benzene rings is 2. The third-order valence-corrected chi connectivity index (χ3v) is 4.53. The van der Waals surface area contributed by atoms with E-state index in [1.54, 1.807) is 18.4 Å². The highest BCUT2D eigenvalue weighted by molar-refractivity contribution is 5.77. The van der Waals surface area contributed by atoms with Crippen molar-refractivity contribution in [2.45, 2.75) is 25.6 Å². The Morgan fingerprint density at radius 3 is 2.34 bits per heavy atom. The highest BCUT2D eigenvalue weighted by Gasteiger charge is 2.20. The second-order valence-electron chi connectivity index (χ2n) is 6.60. The number of alkyl halides is 2. The van der Waals surface area contributed by atoms with Crippen molar-refractivity contribution >= 4 is 5.91 Å². The molecule has 0 saturated heterocycles. The molecule has 3 N–H and O–H groups in total. The molecule has 0 aliphatic heterocycles. The minimum absolute atomic E-state index is 0.0108. The quantitative estimate of drug-likeness (QED) is 0.577. The Labute approximate surface area is 167 Å². The first-order valence-electron chi connectivity index (χ1n) is 9.28. The van der Waals surface area contributed by atoms with E-state index in [0.717, 1.165) is 16.9 Å². The fourth-order valence-electron chi connectivity index (χ4n) is 3.02. The fourth-order valence-corrected chi connectivity index (χ4v) is 3.02. The van der Waals surface area contributed by atoms with Crippen LogP contribution in [0.15, 0.2) is 77.4 Å². The summed E-state index contributed by atoms with van der Waals surface area (Å²) in [5.41, 5.74) is 1.66. The van der Waals surface area contributed by atoms with Crippen molar-refractivity contribution in [3.05, 3.63) is 89.9 Å². The lowest BCUT2D eigenvalue weighted by molar-refractivity contribution is -0.684. The SMILES string of the molecule is C[C@@H]([NH2+]CC(=O)N[C@@H](c1ccccc1)c1ccc(OC(F)F)cc1)c1ccco1. The van der Waals surface area contributed by atoms with E-state index in [9.17, 15) is 13.6 Å². The van der Waals surface area contributed by atoms with Crippen molar-refractivity contribution in [3.63, 3.8) is 0 Å². The number of nitrogens with one attached hydrogen (secondary N) is 1. The third kappa shape index (κ3) is 5.89. The number of carbonyl (C=O) groups excluding carboxylic acids is 1. The minimum Gasteiger partial charge on any atom is -0.463 e. The van der Waals surface area contributed by atoms with Gasteiger partial charge in [-0.2, -0.15) is 8.78 Å². The molecule has 7 heteroatoms. The molecule has 0 aliphatic rings. The molecule has 2 atom stereocenters. The van der Waals surface area contributed by atoms with Crippen LogP contribution < -0.4 is 15.4 Å². The Balaban J connectivity index is 1.70. The largest absolute Gasteiger partial charge is 0.463 e. The Morgan fingerprint density at radius 1 is 1.03 bits per heavy atom. The average Bonchev–Trinajstić information content (AvgIpc) is 3.26. The number of quaternary nitrogens is 1. The highest BCUT2D eigenvalue weighted by Crippen LogP contribution is 2.24. The predicted molar refractivity (Wildman–Crippen MR) is 103 cm³/mol. The van der Waals surface area contributed by atoms with Gasteiger partial charge < -0.3 is 19.8 Å². The topological polar surface area (TPSA) is 68.1 Å². The summed E-state index contributed by atoms with van der Waals surface area (Å²) in [6, 6.07) is 19.0. The van der Waals surface area contributed by atoms with Crippen LogP contribution in [0.3, 0.4) is 0 Å². The van der Waals surface area contributed by atoms with Crippen molar-refractivity contribution in [2.75, 3.05) is 6.54 Å². The standard InChI is InChI=1S/C22H22F2N2O3/c1-15(19-8-5-13-28-19)25-14-20(27)26-21(16-6-3-2-4-7-16)17-9-11-18(12-10-17)29-22(23)24/h2-13,15,21-22,25H,14H2,1H3,(H,26,27)/p+1/t15-,21+/m1/s1. The lowest BCUT2D eigenvalue weighted by Gasteiger charge is -2.20. The lowest BCUT2D eigenvalue weighted by Crippen LogP contribution is -2.87. The maximum atomic E-state index is 12.6. The summed E-state index contributed by atoms with van der Waals surface area (Å²) in [6.45, 7) is -0.697. The van der Waals surface area contributed by atoms with Gasteiger partial charge in [-0.3, -0.25) is 4.79 Å². The molecule has 3 rings (SSSR count). The highest BCUT2D eigenvalue weighted by atomic mass is 19.3. The molecule has 1 amide bonds. The van der Waals surface area contributed by atoms with Crippen LogP contribution in [-0.2, 0) is 4.79 Å². The molecule has 1 heterocycles. The van der Waals surface area contributed by atoms with Gasteiger partial charge >= 0.3 is 6.61 Å². The van der Waals surface area contributed by atoms with Gasteiger partial charge in [0.25, 0.3) is 5.91 Å². The maximum absolute atomic E-state index is 12.6. The van der Waals surface area contributed by atoms with Gasteiger partial charge in [0.15, 0.2) is 12.3 Å². The van der Waals surface area contributed by atoms with Gasteiger partial charge in [0, 0.05) is 0 Å². The Hall–Kier alpha value is -3.19. The second kappa shape index (κ2) is 9.84. The molecule has 0 radical (unpaired) electrons. The molecule has 0 unspecified atom stereocenters. The summed E-state index contributed by atoms with van der Waals surface area (Å²) < 4.78 is 34.5. The van der Waals surface area contributed by atoms with Gasteiger partial charge in [0.2, 0.25) is 0 Å². The van der Waals surface area contributed by atoms with E-state index in [4.69, 9.17) is 4.42 Å². The van der Waals surface area contributed by atoms with E-state index in [1.807, 2.05) is 54.7 Å². The van der Waals surface area contributed by atoms with Crippen LogP contribution in [0.1, 0.15) is 35.9 Å². The minimum atomic E-state index is -2.88. The van der Waals surface area contributed by atoms with Crippen LogP contribution in [0.4, 0.5) is 8.78 Å². The Morgan fingerprint density at radius 2 is 1.72 bits per heavy atom. The van der Waals surface area contributed by atoms with Crippen LogP contribution in [-0.4, -0.2) is 19.1 Å². The number of hydrogen-bond acceptors (Lipinski definition) is 3. The summed E-state index contributed by atoms with van der Waals surface area (Å²) in [5.74, 6) is 0.722. The number of carbonyl (C=O) groups is 1. The average molecular weight is 401 g/mol. The van der Waals surface area contributed by atoms with E-state index in [-0.39, 0.29) is 24.2 Å². The monoisotopic (exact) mass is 401 g/mol. The zero-order valence-electron chi connectivity index (χ0n) is 15.9. The van der Waals surface area contributed by atoms with Gasteiger partial charge in [-0.15, -0.1) is 0 Å². The van der Waals surface area contributed by atoms with Gasteiger partial charge in [-0.1, -0.05) is 42.5 Å². The predicted octanol–water partition coefficient (Wildman–Crippen LogP) is 3.41. The number of amides is 1. The van der Waals surface area contributed by atoms with E-state index in [2.05, 4.69) is 10.1 Å². The number of furan rings is 1. The molecule has 0 saturated carbocycles.